The molecule has 1 aliphatic rings. The molecule has 3 aromatic heterocycles. The molecule has 36 heavy (non-hydrogen) atoms. The number of hydrogen-bond donors (Lipinski definition) is 1. The first-order chi connectivity index (χ1) is 17.2. The van der Waals surface area contributed by atoms with Crippen LogP contribution in [-0.4, -0.2) is 63.3 Å². The second-order valence-electron chi connectivity index (χ2n) is 9.83. The van der Waals surface area contributed by atoms with E-state index in [9.17, 15) is 19.5 Å². The molecule has 4 heterocycles. The first-order valence-electron chi connectivity index (χ1n) is 12.2. The van der Waals surface area contributed by atoms with Gasteiger partial charge in [0.25, 0.3) is 5.56 Å². The molecule has 2 atom stereocenters. The predicted molar refractivity (Wildman–Crippen MR) is 135 cm³/mol. The van der Waals surface area contributed by atoms with Crippen LogP contribution in [-0.2, 0) is 25.4 Å². The third-order valence-corrected chi connectivity index (χ3v) is 7.11. The Kier molecular flexibility index (Phi) is 6.03. The molecule has 1 fully saturated rings. The molecule has 0 unspecified atom stereocenters. The normalized spacial score (nSPS) is 18.2. The summed E-state index contributed by atoms with van der Waals surface area (Å²) in [4.78, 5) is 48.6. The van der Waals surface area contributed by atoms with Crippen molar-refractivity contribution in [2.75, 3.05) is 13.1 Å². The molecular formula is C25H31N7O4. The van der Waals surface area contributed by atoms with Gasteiger partial charge in [0.05, 0.1) is 29.5 Å². The van der Waals surface area contributed by atoms with Crippen molar-refractivity contribution in [3.05, 3.63) is 57.3 Å². The van der Waals surface area contributed by atoms with Crippen LogP contribution in [0.4, 0.5) is 0 Å². The van der Waals surface area contributed by atoms with E-state index in [1.807, 2.05) is 24.3 Å². The van der Waals surface area contributed by atoms with Crippen LogP contribution in [0.2, 0.25) is 0 Å². The summed E-state index contributed by atoms with van der Waals surface area (Å²) < 4.78 is 6.19. The minimum absolute atomic E-state index is 0.0405. The molecule has 0 saturated carbocycles. The number of benzene rings is 1. The van der Waals surface area contributed by atoms with E-state index in [0.717, 1.165) is 21.4 Å². The first-order valence-corrected chi connectivity index (χ1v) is 12.2. The van der Waals surface area contributed by atoms with Crippen molar-refractivity contribution in [2.24, 2.45) is 14.1 Å². The van der Waals surface area contributed by atoms with Crippen LogP contribution in [0.1, 0.15) is 44.5 Å². The second-order valence-corrected chi connectivity index (χ2v) is 9.83. The lowest BCUT2D eigenvalue weighted by Gasteiger charge is -2.18. The second kappa shape index (κ2) is 9.05. The van der Waals surface area contributed by atoms with E-state index < -0.39 is 23.4 Å². The first kappa shape index (κ1) is 24.0. The number of fused-ring (bicyclic) bond motifs is 2. The molecule has 190 valence electrons. The third kappa shape index (κ3) is 3.83. The number of β-amino-alcohol motifs (C(OH)–C–C–N with tert-alkyl or cyclic N) is 1. The Bertz CT molecular complexity index is 1580. The van der Waals surface area contributed by atoms with Gasteiger partial charge in [-0.25, -0.2) is 14.8 Å². The SMILES string of the molecule is CC(C)c1nc2ccccc2n1CCCC(=O)N1C[C@H](O)[C@@H](n2cnc3c(=O)n(C)c(=O)n(C)c32)C1. The van der Waals surface area contributed by atoms with Crippen molar-refractivity contribution in [1.29, 1.82) is 0 Å². The standard InChI is InChI=1S/C25H31N7O4/c1-15(2)22-27-16-8-5-6-9-17(16)31(22)11-7-10-20(34)30-12-18(19(33)13-30)32-14-26-21-23(32)28(3)25(36)29(4)24(21)35/h5-6,8-9,14-15,18-19,33H,7,10-13H2,1-4H3/t18-,19-/m0/s1. The monoisotopic (exact) mass is 493 g/mol. The maximum absolute atomic E-state index is 13.1. The Morgan fingerprint density at radius 1 is 1.14 bits per heavy atom. The Morgan fingerprint density at radius 2 is 1.89 bits per heavy atom. The Labute approximate surface area is 207 Å². The summed E-state index contributed by atoms with van der Waals surface area (Å²) in [6.45, 7) is 5.37. The molecule has 0 spiro atoms. The number of carbonyl (C=O) groups is 1. The topological polar surface area (TPSA) is 120 Å². The highest BCUT2D eigenvalue weighted by molar-refractivity contribution is 5.77. The van der Waals surface area contributed by atoms with Crippen molar-refractivity contribution in [2.45, 2.75) is 51.3 Å². The number of carbonyl (C=O) groups excluding carboxylic acids is 1. The molecule has 1 saturated heterocycles. The van der Waals surface area contributed by atoms with Crippen molar-refractivity contribution in [1.82, 2.24) is 33.1 Å². The summed E-state index contributed by atoms with van der Waals surface area (Å²) in [5.74, 6) is 1.23. The summed E-state index contributed by atoms with van der Waals surface area (Å²) in [7, 11) is 2.97. The fraction of sp³-hybridized carbons (Fsp3) is 0.480. The van der Waals surface area contributed by atoms with Crippen molar-refractivity contribution >= 4 is 28.1 Å². The van der Waals surface area contributed by atoms with Crippen molar-refractivity contribution in [3.63, 3.8) is 0 Å². The number of aliphatic hydroxyl groups excluding tert-OH is 1. The van der Waals surface area contributed by atoms with Crippen LogP contribution < -0.4 is 11.2 Å². The van der Waals surface area contributed by atoms with Crippen molar-refractivity contribution < 1.29 is 9.90 Å². The van der Waals surface area contributed by atoms with Gasteiger partial charge in [0.15, 0.2) is 5.52 Å². The highest BCUT2D eigenvalue weighted by Crippen LogP contribution is 2.26. The van der Waals surface area contributed by atoms with Crippen molar-refractivity contribution in [3.8, 4) is 0 Å². The lowest BCUT2D eigenvalue weighted by molar-refractivity contribution is -0.130. The number of aliphatic hydroxyl groups is 1. The number of para-hydroxylation sites is 2. The molecule has 1 N–H and O–H groups in total. The quantitative estimate of drug-likeness (QED) is 0.430. The van der Waals surface area contributed by atoms with Gasteiger partial charge < -0.3 is 19.1 Å². The van der Waals surface area contributed by atoms with E-state index in [0.29, 0.717) is 25.0 Å². The van der Waals surface area contributed by atoms with Gasteiger partial charge in [-0.05, 0) is 18.6 Å². The van der Waals surface area contributed by atoms with E-state index in [1.165, 1.54) is 17.9 Å². The smallest absolute Gasteiger partial charge is 0.332 e. The Balaban J connectivity index is 1.31. The summed E-state index contributed by atoms with van der Waals surface area (Å²) in [6, 6.07) is 7.52. The van der Waals surface area contributed by atoms with Crippen LogP contribution in [0.3, 0.4) is 0 Å². The number of amides is 1. The zero-order valence-corrected chi connectivity index (χ0v) is 21.0. The molecule has 0 radical (unpaired) electrons. The van der Waals surface area contributed by atoms with Gasteiger partial charge in [-0.15, -0.1) is 0 Å². The number of hydrogen-bond acceptors (Lipinski definition) is 6. The van der Waals surface area contributed by atoms with E-state index in [1.54, 1.807) is 16.5 Å². The molecule has 0 aliphatic carbocycles. The van der Waals surface area contributed by atoms with Crippen LogP contribution in [0, 0.1) is 0 Å². The lowest BCUT2D eigenvalue weighted by Crippen LogP contribution is -2.38. The molecule has 11 heteroatoms. The molecular weight excluding hydrogens is 462 g/mol. The van der Waals surface area contributed by atoms with Gasteiger partial charge in [-0.2, -0.15) is 0 Å². The number of imidazole rings is 2. The van der Waals surface area contributed by atoms with Crippen LogP contribution in [0.5, 0.6) is 0 Å². The maximum atomic E-state index is 13.1. The molecule has 0 bridgehead atoms. The van der Waals surface area contributed by atoms with E-state index >= 15 is 0 Å². The average molecular weight is 494 g/mol. The zero-order valence-electron chi connectivity index (χ0n) is 21.0. The van der Waals surface area contributed by atoms with Crippen LogP contribution in [0.15, 0.2) is 40.2 Å². The van der Waals surface area contributed by atoms with Crippen LogP contribution in [0.25, 0.3) is 22.2 Å². The Morgan fingerprint density at radius 3 is 2.64 bits per heavy atom. The highest BCUT2D eigenvalue weighted by Gasteiger charge is 2.36. The highest BCUT2D eigenvalue weighted by atomic mass is 16.3. The number of aryl methyl sites for hydroxylation is 2. The summed E-state index contributed by atoms with van der Waals surface area (Å²) in [5.41, 5.74) is 1.56. The predicted octanol–water partition coefficient (Wildman–Crippen LogP) is 1.13. The summed E-state index contributed by atoms with van der Waals surface area (Å²) in [6.07, 6.45) is 1.61. The molecule has 11 nitrogen and oxygen atoms in total. The van der Waals surface area contributed by atoms with Gasteiger partial charge in [-0.1, -0.05) is 26.0 Å². The molecule has 5 rings (SSSR count). The lowest BCUT2D eigenvalue weighted by atomic mass is 10.2. The fourth-order valence-corrected chi connectivity index (χ4v) is 5.20. The minimum atomic E-state index is -0.837. The van der Waals surface area contributed by atoms with Gasteiger partial charge in [0, 0.05) is 46.1 Å². The van der Waals surface area contributed by atoms with E-state index in [4.69, 9.17) is 4.98 Å². The molecule has 1 aromatic carbocycles. The number of nitrogens with zero attached hydrogens (tertiary/aromatic N) is 7. The average Bonchev–Trinajstić information content (AvgIpc) is 3.56. The largest absolute Gasteiger partial charge is 0.389 e. The number of likely N-dealkylation sites (tertiary alicyclic amines) is 1. The van der Waals surface area contributed by atoms with Crippen LogP contribution >= 0.6 is 0 Å². The van der Waals surface area contributed by atoms with Gasteiger partial charge in [-0.3, -0.25) is 18.7 Å². The van der Waals surface area contributed by atoms with E-state index in [2.05, 4.69) is 23.4 Å². The van der Waals surface area contributed by atoms with Gasteiger partial charge in [0.1, 0.15) is 11.5 Å². The number of aromatic nitrogens is 6. The van der Waals surface area contributed by atoms with Gasteiger partial charge >= 0.3 is 5.69 Å². The fourth-order valence-electron chi connectivity index (χ4n) is 5.20. The summed E-state index contributed by atoms with van der Waals surface area (Å²) >= 11 is 0. The number of rotatable bonds is 6. The molecule has 1 aliphatic heterocycles. The molecule has 1 amide bonds. The minimum Gasteiger partial charge on any atom is -0.389 e. The Hall–Kier alpha value is -3.73. The maximum Gasteiger partial charge on any atom is 0.332 e. The van der Waals surface area contributed by atoms with Gasteiger partial charge in [0.2, 0.25) is 5.91 Å². The zero-order chi connectivity index (χ0) is 25.7. The molecule has 4 aromatic rings. The summed E-state index contributed by atoms with van der Waals surface area (Å²) in [5, 5.41) is 10.8. The van der Waals surface area contributed by atoms with E-state index in [-0.39, 0.29) is 30.4 Å². The third-order valence-electron chi connectivity index (χ3n) is 7.11.